The maximum atomic E-state index is 3.87. The molecule has 0 radical (unpaired) electrons. The minimum atomic E-state index is 0.768. The molecule has 15 heavy (non-hydrogen) atoms. The van der Waals surface area contributed by atoms with Gasteiger partial charge in [-0.05, 0) is 39.9 Å². The van der Waals surface area contributed by atoms with E-state index in [0.717, 1.165) is 5.84 Å². The topological polar surface area (TPSA) is 28.0 Å². The second-order valence-electron chi connectivity index (χ2n) is 3.65. The summed E-state index contributed by atoms with van der Waals surface area (Å²) in [6.07, 6.45) is 7.51. The zero-order valence-electron chi connectivity index (χ0n) is 10.2. The fourth-order valence-corrected chi connectivity index (χ4v) is 1.27. The Balaban J connectivity index is 0.000000262. The Hall–Kier alpha value is -0.960. The molecule has 0 N–H and O–H groups in total. The first-order chi connectivity index (χ1) is 7.20. The normalized spacial score (nSPS) is 18.5. The zero-order chi connectivity index (χ0) is 11.5. The lowest BCUT2D eigenvalue weighted by molar-refractivity contribution is 0.277. The molecule has 1 rings (SSSR count). The summed E-state index contributed by atoms with van der Waals surface area (Å²) >= 11 is 0. The summed E-state index contributed by atoms with van der Waals surface area (Å²) < 4.78 is 0. The Labute approximate surface area is 93.6 Å². The van der Waals surface area contributed by atoms with E-state index >= 15 is 0 Å². The Bertz CT molecular complexity index is 213. The molecule has 0 aromatic carbocycles. The van der Waals surface area contributed by atoms with Crippen molar-refractivity contribution in [2.45, 2.75) is 26.2 Å². The van der Waals surface area contributed by atoms with E-state index in [1.54, 1.807) is 19.3 Å². The van der Waals surface area contributed by atoms with Gasteiger partial charge in [0, 0.05) is 13.3 Å². The Morgan fingerprint density at radius 1 is 1.27 bits per heavy atom. The first-order valence-electron chi connectivity index (χ1n) is 5.47. The molecular weight excluding hydrogens is 186 g/mol. The predicted octanol–water partition coefficient (Wildman–Crippen LogP) is 2.39. The summed E-state index contributed by atoms with van der Waals surface area (Å²) in [6, 6.07) is 0. The lowest BCUT2D eigenvalue weighted by Crippen LogP contribution is -2.24. The highest BCUT2D eigenvalue weighted by molar-refractivity contribution is 5.90. The molecule has 0 spiro atoms. The van der Waals surface area contributed by atoms with Gasteiger partial charge in [-0.25, -0.2) is 4.99 Å². The van der Waals surface area contributed by atoms with Crippen LogP contribution in [0.15, 0.2) is 22.6 Å². The van der Waals surface area contributed by atoms with Crippen LogP contribution >= 0.6 is 0 Å². The van der Waals surface area contributed by atoms with Gasteiger partial charge in [-0.1, -0.05) is 19.1 Å². The van der Waals surface area contributed by atoms with Gasteiger partial charge in [0.1, 0.15) is 5.84 Å². The van der Waals surface area contributed by atoms with Crippen LogP contribution in [0.4, 0.5) is 0 Å². The van der Waals surface area contributed by atoms with Gasteiger partial charge in [-0.15, -0.1) is 0 Å². The summed E-state index contributed by atoms with van der Waals surface area (Å²) in [5.74, 6) is 0.768. The highest BCUT2D eigenvalue weighted by Gasteiger charge is 2.02. The first kappa shape index (κ1) is 14.0. The maximum absolute atomic E-state index is 3.87. The predicted molar refractivity (Wildman–Crippen MR) is 69.1 cm³/mol. The fraction of sp³-hybridized carbons (Fsp3) is 0.667. The number of amidine groups is 1. The number of likely N-dealkylation sites (tertiary alicyclic amines) is 1. The highest BCUT2D eigenvalue weighted by Crippen LogP contribution is 2.04. The van der Waals surface area contributed by atoms with E-state index in [0.29, 0.717) is 0 Å². The fourth-order valence-electron chi connectivity index (χ4n) is 1.27. The number of piperidine rings is 1. The van der Waals surface area contributed by atoms with Gasteiger partial charge < -0.3 is 4.90 Å². The van der Waals surface area contributed by atoms with Crippen LogP contribution in [0.25, 0.3) is 0 Å². The van der Waals surface area contributed by atoms with Crippen LogP contribution in [0.2, 0.25) is 0 Å². The molecule has 1 aliphatic heterocycles. The third kappa shape index (κ3) is 9.35. The minimum Gasteiger partial charge on any atom is -0.306 e. The molecule has 0 aromatic heterocycles. The van der Waals surface area contributed by atoms with Crippen molar-refractivity contribution in [2.24, 2.45) is 9.98 Å². The zero-order valence-corrected chi connectivity index (χ0v) is 10.2. The second-order valence-corrected chi connectivity index (χ2v) is 3.65. The quantitative estimate of drug-likeness (QED) is 0.481. The standard InChI is InChI=1S/C6H10N2.C6H13N/c1-4-5-8-6(2)7-3;1-7-5-3-2-4-6-7/h4-5H,1H2,2-3H3;2-6H2,1H3. The molecular formula is C12H23N3. The Morgan fingerprint density at radius 3 is 2.20 bits per heavy atom. The molecule has 0 unspecified atom stereocenters. The SMILES string of the molecule is C=CC=NC(C)=NC.CN1CCCCC1. The van der Waals surface area contributed by atoms with Crippen molar-refractivity contribution in [3.8, 4) is 0 Å². The van der Waals surface area contributed by atoms with Crippen LogP contribution in [0.3, 0.4) is 0 Å². The summed E-state index contributed by atoms with van der Waals surface area (Å²) in [6.45, 7) is 7.93. The smallest absolute Gasteiger partial charge is 0.119 e. The monoisotopic (exact) mass is 209 g/mol. The number of hydrogen-bond donors (Lipinski definition) is 0. The Kier molecular flexibility index (Phi) is 8.98. The molecule has 1 saturated heterocycles. The van der Waals surface area contributed by atoms with Crippen molar-refractivity contribution >= 4 is 12.1 Å². The van der Waals surface area contributed by atoms with E-state index in [2.05, 4.69) is 28.5 Å². The molecule has 0 atom stereocenters. The maximum Gasteiger partial charge on any atom is 0.119 e. The van der Waals surface area contributed by atoms with Gasteiger partial charge in [0.2, 0.25) is 0 Å². The number of allylic oxidation sites excluding steroid dienone is 1. The molecule has 86 valence electrons. The molecule has 1 fully saturated rings. The third-order valence-corrected chi connectivity index (χ3v) is 2.27. The lowest BCUT2D eigenvalue weighted by atomic mass is 10.1. The van der Waals surface area contributed by atoms with Crippen LogP contribution < -0.4 is 0 Å². The van der Waals surface area contributed by atoms with Crippen LogP contribution in [0.1, 0.15) is 26.2 Å². The van der Waals surface area contributed by atoms with Crippen molar-refractivity contribution < 1.29 is 0 Å². The minimum absolute atomic E-state index is 0.768. The molecule has 0 saturated carbocycles. The molecule has 0 bridgehead atoms. The number of rotatable bonds is 1. The summed E-state index contributed by atoms with van der Waals surface area (Å²) in [4.78, 5) is 10.1. The van der Waals surface area contributed by atoms with Crippen molar-refractivity contribution in [2.75, 3.05) is 27.2 Å². The molecule has 1 aliphatic rings. The molecule has 0 aromatic rings. The van der Waals surface area contributed by atoms with Crippen molar-refractivity contribution in [3.63, 3.8) is 0 Å². The van der Waals surface area contributed by atoms with E-state index in [1.807, 2.05) is 6.92 Å². The van der Waals surface area contributed by atoms with Crippen molar-refractivity contribution in [1.29, 1.82) is 0 Å². The van der Waals surface area contributed by atoms with Gasteiger partial charge >= 0.3 is 0 Å². The average molecular weight is 209 g/mol. The summed E-state index contributed by atoms with van der Waals surface area (Å²) in [5.41, 5.74) is 0. The number of aliphatic imine (C=N–C) groups is 2. The van der Waals surface area contributed by atoms with E-state index in [9.17, 15) is 0 Å². The molecule has 1 heterocycles. The number of hydrogen-bond acceptors (Lipinski definition) is 2. The highest BCUT2D eigenvalue weighted by atomic mass is 15.1. The summed E-state index contributed by atoms with van der Waals surface area (Å²) in [5, 5.41) is 0. The van der Waals surface area contributed by atoms with E-state index < -0.39 is 0 Å². The van der Waals surface area contributed by atoms with Crippen LogP contribution in [0, 0.1) is 0 Å². The van der Waals surface area contributed by atoms with E-state index in [1.165, 1.54) is 32.4 Å². The lowest BCUT2D eigenvalue weighted by Gasteiger charge is -2.20. The first-order valence-corrected chi connectivity index (χ1v) is 5.47. The number of nitrogens with zero attached hydrogens (tertiary/aromatic N) is 3. The van der Waals surface area contributed by atoms with Crippen LogP contribution in [0.5, 0.6) is 0 Å². The van der Waals surface area contributed by atoms with E-state index in [4.69, 9.17) is 0 Å². The van der Waals surface area contributed by atoms with Gasteiger partial charge in [-0.2, -0.15) is 0 Å². The van der Waals surface area contributed by atoms with Gasteiger partial charge in [0.15, 0.2) is 0 Å². The molecule has 3 heteroatoms. The van der Waals surface area contributed by atoms with Gasteiger partial charge in [0.25, 0.3) is 0 Å². The second kappa shape index (κ2) is 9.59. The molecule has 0 amide bonds. The van der Waals surface area contributed by atoms with Crippen LogP contribution in [-0.4, -0.2) is 44.1 Å². The van der Waals surface area contributed by atoms with Gasteiger partial charge in [0.05, 0.1) is 0 Å². The van der Waals surface area contributed by atoms with Crippen molar-refractivity contribution in [3.05, 3.63) is 12.7 Å². The Morgan fingerprint density at radius 2 is 1.87 bits per heavy atom. The van der Waals surface area contributed by atoms with Crippen molar-refractivity contribution in [1.82, 2.24) is 4.90 Å². The van der Waals surface area contributed by atoms with Gasteiger partial charge in [-0.3, -0.25) is 4.99 Å². The molecule has 0 aliphatic carbocycles. The van der Waals surface area contributed by atoms with E-state index in [-0.39, 0.29) is 0 Å². The average Bonchev–Trinajstić information content (AvgIpc) is 2.28. The summed E-state index contributed by atoms with van der Waals surface area (Å²) in [7, 11) is 3.90. The largest absolute Gasteiger partial charge is 0.306 e. The van der Waals surface area contributed by atoms with Crippen LogP contribution in [-0.2, 0) is 0 Å². The third-order valence-electron chi connectivity index (χ3n) is 2.27. The molecule has 3 nitrogen and oxygen atoms in total.